The Morgan fingerprint density at radius 3 is 2.81 bits per heavy atom. The maximum Gasteiger partial charge on any atom is 0.140 e. The summed E-state index contributed by atoms with van der Waals surface area (Å²) in [6, 6.07) is 7.59. The summed E-state index contributed by atoms with van der Waals surface area (Å²) in [7, 11) is 2.13. The molecule has 1 N–H and O–H groups in total. The number of likely N-dealkylation sites (N-methyl/N-ethyl adjacent to an activating group) is 1. The van der Waals surface area contributed by atoms with E-state index in [2.05, 4.69) is 39.5 Å². The number of rotatable bonds is 3. The molecule has 0 aromatic carbocycles. The van der Waals surface area contributed by atoms with Crippen molar-refractivity contribution in [3.63, 3.8) is 0 Å². The smallest absolute Gasteiger partial charge is 0.140 e. The third-order valence-corrected chi connectivity index (χ3v) is 5.06. The minimum absolute atomic E-state index is 0. The molecule has 0 fully saturated rings. The van der Waals surface area contributed by atoms with Crippen molar-refractivity contribution in [2.75, 3.05) is 13.6 Å². The van der Waals surface area contributed by atoms with Gasteiger partial charge >= 0.3 is 0 Å². The lowest BCUT2D eigenvalue weighted by molar-refractivity contribution is 0.155. The molecule has 0 bridgehead atoms. The van der Waals surface area contributed by atoms with Gasteiger partial charge in [-0.05, 0) is 37.2 Å². The van der Waals surface area contributed by atoms with E-state index in [1.165, 1.54) is 16.6 Å². The highest BCUT2D eigenvalue weighted by Crippen LogP contribution is 2.31. The molecule has 1 aliphatic heterocycles. The molecule has 0 spiro atoms. The van der Waals surface area contributed by atoms with Gasteiger partial charge in [-0.25, -0.2) is 9.97 Å². The number of nitriles is 1. The van der Waals surface area contributed by atoms with Crippen LogP contribution in [0.25, 0.3) is 11.0 Å². The molecule has 3 aromatic heterocycles. The van der Waals surface area contributed by atoms with Crippen molar-refractivity contribution >= 4 is 11.0 Å². The van der Waals surface area contributed by atoms with Gasteiger partial charge in [0.15, 0.2) is 0 Å². The van der Waals surface area contributed by atoms with Crippen LogP contribution in [0.3, 0.4) is 0 Å². The molecule has 3 aromatic rings. The van der Waals surface area contributed by atoms with Crippen LogP contribution in [0.5, 0.6) is 0 Å². The Kier molecular flexibility index (Phi) is 5.26. The van der Waals surface area contributed by atoms with Crippen LogP contribution in [0.15, 0.2) is 30.6 Å². The van der Waals surface area contributed by atoms with Gasteiger partial charge in [0.1, 0.15) is 17.4 Å². The zero-order chi connectivity index (χ0) is 18.3. The van der Waals surface area contributed by atoms with Gasteiger partial charge in [-0.1, -0.05) is 13.5 Å². The molecule has 6 heteroatoms. The number of hydrogen-bond donors (Lipinski definition) is 1. The summed E-state index contributed by atoms with van der Waals surface area (Å²) in [5.74, 6) is 0. The van der Waals surface area contributed by atoms with E-state index in [1.54, 1.807) is 18.3 Å². The average Bonchev–Trinajstić information content (AvgIpc) is 2.94. The Labute approximate surface area is 159 Å². The Morgan fingerprint density at radius 2 is 2.11 bits per heavy atom. The number of aliphatic hydroxyl groups excluding tert-OH is 1. The lowest BCUT2D eigenvalue weighted by atomic mass is 10.0. The molecular formula is C21H25N5O. The predicted octanol–water partition coefficient (Wildman–Crippen LogP) is 2.97. The zero-order valence-corrected chi connectivity index (χ0v) is 15.0. The molecule has 1 atom stereocenters. The lowest BCUT2D eigenvalue weighted by Crippen LogP contribution is -2.27. The van der Waals surface area contributed by atoms with E-state index in [4.69, 9.17) is 5.26 Å². The number of nitrogens with zero attached hydrogens (tertiary/aromatic N) is 5. The fourth-order valence-electron chi connectivity index (χ4n) is 3.70. The second-order valence-electron chi connectivity index (χ2n) is 7.01. The number of hydrogen-bond acceptors (Lipinski definition) is 5. The number of aromatic nitrogens is 3. The highest BCUT2D eigenvalue weighted by molar-refractivity contribution is 5.83. The van der Waals surface area contributed by atoms with E-state index in [1.807, 2.05) is 12.3 Å². The van der Waals surface area contributed by atoms with Crippen molar-refractivity contribution in [1.82, 2.24) is 19.4 Å². The minimum atomic E-state index is -0.697. The second kappa shape index (κ2) is 7.47. The summed E-state index contributed by atoms with van der Waals surface area (Å²) < 4.78 is 2.15. The van der Waals surface area contributed by atoms with Gasteiger partial charge in [0.25, 0.3) is 0 Å². The van der Waals surface area contributed by atoms with Crippen LogP contribution < -0.4 is 0 Å². The van der Waals surface area contributed by atoms with Crippen LogP contribution >= 0.6 is 0 Å². The van der Waals surface area contributed by atoms with Gasteiger partial charge in [0.05, 0.1) is 12.6 Å². The van der Waals surface area contributed by atoms with Gasteiger partial charge in [-0.2, -0.15) is 5.26 Å². The molecular weight excluding hydrogens is 338 g/mol. The fraction of sp³-hybridized carbons (Fsp3) is 0.381. The molecule has 4 heterocycles. The van der Waals surface area contributed by atoms with Crippen molar-refractivity contribution in [3.8, 4) is 6.07 Å². The monoisotopic (exact) mass is 363 g/mol. The van der Waals surface area contributed by atoms with Gasteiger partial charge in [0.2, 0.25) is 0 Å². The third kappa shape index (κ3) is 3.44. The highest BCUT2D eigenvalue weighted by Gasteiger charge is 2.24. The first-order chi connectivity index (χ1) is 12.6. The van der Waals surface area contributed by atoms with Crippen LogP contribution in [-0.2, 0) is 19.5 Å². The average molecular weight is 363 g/mol. The summed E-state index contributed by atoms with van der Waals surface area (Å²) in [5, 5.41) is 20.8. The summed E-state index contributed by atoms with van der Waals surface area (Å²) in [5.41, 5.74) is 5.70. The lowest BCUT2D eigenvalue weighted by Gasteiger charge is -2.24. The largest absolute Gasteiger partial charge is 0.386 e. The van der Waals surface area contributed by atoms with E-state index in [0.717, 1.165) is 30.7 Å². The summed E-state index contributed by atoms with van der Waals surface area (Å²) in [6.45, 7) is 4.38. The van der Waals surface area contributed by atoms with Crippen molar-refractivity contribution < 1.29 is 5.11 Å². The van der Waals surface area contributed by atoms with Crippen LogP contribution in [0.2, 0.25) is 0 Å². The van der Waals surface area contributed by atoms with Crippen molar-refractivity contribution in [3.05, 3.63) is 58.7 Å². The molecule has 27 heavy (non-hydrogen) atoms. The summed E-state index contributed by atoms with van der Waals surface area (Å²) in [4.78, 5) is 11.0. The van der Waals surface area contributed by atoms with E-state index >= 15 is 0 Å². The maximum absolute atomic E-state index is 10.7. The van der Waals surface area contributed by atoms with Gasteiger partial charge in [-0.15, -0.1) is 0 Å². The SMILES string of the molecule is C.Cc1cnc2c(c1)c1c(n2CC(O)c2ccc(C#N)nc2)CCN(C)C1. The van der Waals surface area contributed by atoms with Gasteiger partial charge in [0, 0.05) is 48.5 Å². The van der Waals surface area contributed by atoms with Crippen LogP contribution in [0.4, 0.5) is 0 Å². The number of aryl methyl sites for hydroxylation is 1. The first-order valence-corrected chi connectivity index (χ1v) is 8.76. The van der Waals surface area contributed by atoms with Crippen molar-refractivity contribution in [2.24, 2.45) is 0 Å². The zero-order valence-electron chi connectivity index (χ0n) is 15.0. The van der Waals surface area contributed by atoms with Crippen molar-refractivity contribution in [1.29, 1.82) is 5.26 Å². The predicted molar refractivity (Wildman–Crippen MR) is 105 cm³/mol. The Balaban J connectivity index is 0.00000210. The number of aliphatic hydroxyl groups is 1. The summed E-state index contributed by atoms with van der Waals surface area (Å²) >= 11 is 0. The van der Waals surface area contributed by atoms with E-state index in [0.29, 0.717) is 17.8 Å². The van der Waals surface area contributed by atoms with E-state index in [9.17, 15) is 5.11 Å². The van der Waals surface area contributed by atoms with Crippen LogP contribution in [0, 0.1) is 18.3 Å². The first kappa shape index (κ1) is 19.0. The van der Waals surface area contributed by atoms with Crippen LogP contribution in [-0.4, -0.2) is 38.1 Å². The third-order valence-electron chi connectivity index (χ3n) is 5.06. The molecule has 1 unspecified atom stereocenters. The Bertz CT molecular complexity index is 1000. The molecule has 140 valence electrons. The Morgan fingerprint density at radius 1 is 1.30 bits per heavy atom. The van der Waals surface area contributed by atoms with Crippen LogP contribution in [0.1, 0.15) is 41.6 Å². The molecule has 0 radical (unpaired) electrons. The minimum Gasteiger partial charge on any atom is -0.386 e. The number of pyridine rings is 2. The summed E-state index contributed by atoms with van der Waals surface area (Å²) in [6.07, 6.45) is 3.70. The fourth-order valence-corrected chi connectivity index (χ4v) is 3.70. The molecule has 0 aliphatic carbocycles. The highest BCUT2D eigenvalue weighted by atomic mass is 16.3. The van der Waals surface area contributed by atoms with Gasteiger partial charge in [-0.3, -0.25) is 0 Å². The molecule has 0 amide bonds. The van der Waals surface area contributed by atoms with E-state index < -0.39 is 6.10 Å². The van der Waals surface area contributed by atoms with Crippen molar-refractivity contribution in [2.45, 2.75) is 40.0 Å². The molecule has 6 nitrogen and oxygen atoms in total. The number of fused-ring (bicyclic) bond motifs is 3. The molecule has 0 saturated carbocycles. The second-order valence-corrected chi connectivity index (χ2v) is 7.01. The Hall–Kier alpha value is -2.75. The van der Waals surface area contributed by atoms with Gasteiger partial charge < -0.3 is 14.6 Å². The maximum atomic E-state index is 10.7. The quantitative estimate of drug-likeness (QED) is 0.774. The topological polar surface area (TPSA) is 78.0 Å². The normalized spacial score (nSPS) is 15.0. The molecule has 1 aliphatic rings. The standard InChI is InChI=1S/C20H21N5O.CH4/c1-13-7-16-17-11-24(2)6-5-18(17)25(20(16)23-9-13)12-19(26)14-3-4-15(8-21)22-10-14;/h3-4,7,9-10,19,26H,5-6,11-12H2,1-2H3;1H4. The van der Waals surface area contributed by atoms with E-state index in [-0.39, 0.29) is 7.43 Å². The molecule has 0 saturated heterocycles. The molecule has 4 rings (SSSR count). The first-order valence-electron chi connectivity index (χ1n) is 8.76.